The highest BCUT2D eigenvalue weighted by atomic mass is 32.1. The summed E-state index contributed by atoms with van der Waals surface area (Å²) in [7, 11) is 0. The van der Waals surface area contributed by atoms with Crippen molar-refractivity contribution in [3.05, 3.63) is 57.0 Å². The number of Topliss-reactive ketones (excluding diaryl/α,β-unsaturated/α-hetero) is 1. The molecule has 1 aliphatic heterocycles. The summed E-state index contributed by atoms with van der Waals surface area (Å²) in [6.07, 6.45) is 0. The zero-order chi connectivity index (χ0) is 18.4. The van der Waals surface area contributed by atoms with Crippen molar-refractivity contribution in [3.63, 3.8) is 0 Å². The van der Waals surface area contributed by atoms with Gasteiger partial charge in [-0.2, -0.15) is 0 Å². The number of imide groups is 1. The number of aryl methyl sites for hydroxylation is 2. The number of nitrogens with one attached hydrogen (secondary N) is 1. The van der Waals surface area contributed by atoms with Gasteiger partial charge in [-0.3, -0.25) is 14.5 Å². The molecule has 1 saturated heterocycles. The van der Waals surface area contributed by atoms with Gasteiger partial charge in [-0.1, -0.05) is 12.1 Å². The van der Waals surface area contributed by atoms with E-state index in [0.29, 0.717) is 11.1 Å². The van der Waals surface area contributed by atoms with Crippen LogP contribution in [0.5, 0.6) is 0 Å². The maximum absolute atomic E-state index is 13.1. The zero-order valence-electron chi connectivity index (χ0n) is 14.1. The number of benzene rings is 1. The minimum Gasteiger partial charge on any atom is -0.319 e. The molecule has 1 N–H and O–H groups in total. The Morgan fingerprint density at radius 2 is 1.88 bits per heavy atom. The molecule has 7 heteroatoms. The molecule has 1 unspecified atom stereocenters. The van der Waals surface area contributed by atoms with Crippen molar-refractivity contribution in [1.29, 1.82) is 0 Å². The Hall–Kier alpha value is -2.54. The van der Waals surface area contributed by atoms with Crippen molar-refractivity contribution in [1.82, 2.24) is 10.2 Å². The summed E-state index contributed by atoms with van der Waals surface area (Å²) < 4.78 is 13.1. The lowest BCUT2D eigenvalue weighted by Gasteiger charge is -2.22. The molecular formula is C18H17FN2O3S. The average molecular weight is 360 g/mol. The Labute approximate surface area is 148 Å². The summed E-state index contributed by atoms with van der Waals surface area (Å²) in [5.41, 5.74) is -0.326. The van der Waals surface area contributed by atoms with Gasteiger partial charge in [-0.15, -0.1) is 11.3 Å². The second-order valence-corrected chi connectivity index (χ2v) is 7.66. The van der Waals surface area contributed by atoms with Crippen LogP contribution in [-0.2, 0) is 10.3 Å². The number of amides is 3. The number of ketones is 1. The van der Waals surface area contributed by atoms with Gasteiger partial charge in [0.1, 0.15) is 11.4 Å². The van der Waals surface area contributed by atoms with Crippen LogP contribution < -0.4 is 5.32 Å². The molecule has 25 heavy (non-hydrogen) atoms. The third-order valence-electron chi connectivity index (χ3n) is 4.34. The van der Waals surface area contributed by atoms with Gasteiger partial charge in [0, 0.05) is 15.3 Å². The van der Waals surface area contributed by atoms with E-state index in [1.807, 2.05) is 13.8 Å². The lowest BCUT2D eigenvalue weighted by atomic mass is 9.92. The molecule has 1 atom stereocenters. The van der Waals surface area contributed by atoms with Gasteiger partial charge in [0.15, 0.2) is 5.78 Å². The van der Waals surface area contributed by atoms with Crippen LogP contribution in [0.25, 0.3) is 0 Å². The van der Waals surface area contributed by atoms with Crippen molar-refractivity contribution >= 4 is 29.1 Å². The SMILES string of the molecule is Cc1cc(C(=O)CN2C(=O)NC(C)(c3ccc(F)cc3)C2=O)c(C)s1. The number of rotatable bonds is 4. The van der Waals surface area contributed by atoms with E-state index in [1.54, 1.807) is 13.0 Å². The molecule has 0 saturated carbocycles. The third-order valence-corrected chi connectivity index (χ3v) is 5.31. The zero-order valence-corrected chi connectivity index (χ0v) is 14.9. The van der Waals surface area contributed by atoms with Crippen molar-refractivity contribution < 1.29 is 18.8 Å². The number of hydrogen-bond acceptors (Lipinski definition) is 4. The molecule has 5 nitrogen and oxygen atoms in total. The average Bonchev–Trinajstić information content (AvgIpc) is 3.00. The molecule has 1 aromatic carbocycles. The lowest BCUT2D eigenvalue weighted by molar-refractivity contribution is -0.130. The highest BCUT2D eigenvalue weighted by Crippen LogP contribution is 2.29. The molecule has 1 aliphatic rings. The van der Waals surface area contributed by atoms with Crippen molar-refractivity contribution in [2.45, 2.75) is 26.3 Å². The van der Waals surface area contributed by atoms with E-state index in [2.05, 4.69) is 5.32 Å². The van der Waals surface area contributed by atoms with E-state index >= 15 is 0 Å². The van der Waals surface area contributed by atoms with E-state index in [1.165, 1.54) is 35.6 Å². The van der Waals surface area contributed by atoms with Gasteiger partial charge in [0.05, 0.1) is 6.54 Å². The Bertz CT molecular complexity index is 875. The van der Waals surface area contributed by atoms with Crippen molar-refractivity contribution in [2.75, 3.05) is 6.54 Å². The lowest BCUT2D eigenvalue weighted by Crippen LogP contribution is -2.41. The van der Waals surface area contributed by atoms with Crippen LogP contribution in [0.1, 0.15) is 32.6 Å². The first-order chi connectivity index (χ1) is 11.7. The minimum absolute atomic E-state index is 0.284. The number of hydrogen-bond donors (Lipinski definition) is 1. The van der Waals surface area contributed by atoms with Crippen LogP contribution in [0.2, 0.25) is 0 Å². The topological polar surface area (TPSA) is 66.5 Å². The van der Waals surface area contributed by atoms with Gasteiger partial charge in [-0.05, 0) is 44.5 Å². The van der Waals surface area contributed by atoms with E-state index < -0.39 is 23.3 Å². The monoisotopic (exact) mass is 360 g/mol. The van der Waals surface area contributed by atoms with Crippen LogP contribution >= 0.6 is 11.3 Å². The molecule has 0 radical (unpaired) electrons. The number of carbonyl (C=O) groups excluding carboxylic acids is 3. The molecule has 2 heterocycles. The minimum atomic E-state index is -1.31. The molecule has 0 aliphatic carbocycles. The van der Waals surface area contributed by atoms with Crippen molar-refractivity contribution in [3.8, 4) is 0 Å². The summed E-state index contributed by atoms with van der Waals surface area (Å²) in [5.74, 6) is -1.24. The summed E-state index contributed by atoms with van der Waals surface area (Å²) >= 11 is 1.49. The molecule has 130 valence electrons. The molecule has 2 aromatic rings. The first-order valence-corrected chi connectivity index (χ1v) is 8.54. The highest BCUT2D eigenvalue weighted by molar-refractivity contribution is 7.12. The second-order valence-electron chi connectivity index (χ2n) is 6.20. The predicted octanol–water partition coefficient (Wildman–Crippen LogP) is 3.15. The quantitative estimate of drug-likeness (QED) is 0.673. The van der Waals surface area contributed by atoms with Gasteiger partial charge in [-0.25, -0.2) is 9.18 Å². The van der Waals surface area contributed by atoms with Crippen molar-refractivity contribution in [2.24, 2.45) is 0 Å². The maximum atomic E-state index is 13.1. The smallest absolute Gasteiger partial charge is 0.319 e. The highest BCUT2D eigenvalue weighted by Gasteiger charge is 2.49. The van der Waals surface area contributed by atoms with Crippen LogP contribution in [0, 0.1) is 19.7 Å². The number of halogens is 1. The first-order valence-electron chi connectivity index (χ1n) is 7.73. The summed E-state index contributed by atoms with van der Waals surface area (Å²) in [5, 5.41) is 2.61. The fourth-order valence-electron chi connectivity index (χ4n) is 2.96. The van der Waals surface area contributed by atoms with Crippen LogP contribution in [0.4, 0.5) is 9.18 Å². The Balaban J connectivity index is 1.85. The van der Waals surface area contributed by atoms with Crippen LogP contribution in [0.3, 0.4) is 0 Å². The molecule has 1 aromatic heterocycles. The third kappa shape index (κ3) is 2.95. The van der Waals surface area contributed by atoms with E-state index in [0.717, 1.165) is 14.7 Å². The van der Waals surface area contributed by atoms with E-state index in [-0.39, 0.29) is 12.3 Å². The van der Waals surface area contributed by atoms with Gasteiger partial charge in [0.25, 0.3) is 5.91 Å². The first kappa shape index (κ1) is 17.3. The largest absolute Gasteiger partial charge is 0.325 e. The predicted molar refractivity (Wildman–Crippen MR) is 92.1 cm³/mol. The standard InChI is InChI=1S/C18H17FN2O3S/c1-10-8-14(11(2)25-10)15(22)9-21-16(23)18(3,20-17(21)24)12-4-6-13(19)7-5-12/h4-8H,9H2,1-3H3,(H,20,24). The molecule has 0 spiro atoms. The Kier molecular flexibility index (Phi) is 4.20. The summed E-state index contributed by atoms with van der Waals surface area (Å²) in [6, 6.07) is 6.49. The molecular weight excluding hydrogens is 343 g/mol. The number of nitrogens with zero attached hydrogens (tertiary/aromatic N) is 1. The molecule has 1 fully saturated rings. The van der Waals surface area contributed by atoms with Crippen LogP contribution in [-0.4, -0.2) is 29.2 Å². The summed E-state index contributed by atoms with van der Waals surface area (Å²) in [6.45, 7) is 4.95. The van der Waals surface area contributed by atoms with E-state index in [4.69, 9.17) is 0 Å². The fourth-order valence-corrected chi connectivity index (χ4v) is 3.90. The normalized spacial score (nSPS) is 20.1. The molecule has 3 amide bonds. The fraction of sp³-hybridized carbons (Fsp3) is 0.278. The maximum Gasteiger partial charge on any atom is 0.325 e. The number of urea groups is 1. The second kappa shape index (κ2) is 6.07. The number of thiophene rings is 1. The van der Waals surface area contributed by atoms with Crippen LogP contribution in [0.15, 0.2) is 30.3 Å². The van der Waals surface area contributed by atoms with Gasteiger partial charge < -0.3 is 5.32 Å². The van der Waals surface area contributed by atoms with Gasteiger partial charge in [0.2, 0.25) is 0 Å². The Morgan fingerprint density at radius 3 is 2.44 bits per heavy atom. The van der Waals surface area contributed by atoms with Gasteiger partial charge >= 0.3 is 6.03 Å². The Morgan fingerprint density at radius 1 is 1.24 bits per heavy atom. The number of carbonyl (C=O) groups is 3. The molecule has 0 bridgehead atoms. The summed E-state index contributed by atoms with van der Waals surface area (Å²) in [4.78, 5) is 40.3. The molecule has 3 rings (SSSR count). The van der Waals surface area contributed by atoms with E-state index in [9.17, 15) is 18.8 Å².